The van der Waals surface area contributed by atoms with E-state index in [0.717, 1.165) is 18.7 Å². The predicted molar refractivity (Wildman–Crippen MR) is 60.3 cm³/mol. The number of hydrogen-bond donors (Lipinski definition) is 2. The number of nitrogens with zero attached hydrogens (tertiary/aromatic N) is 2. The van der Waals surface area contributed by atoms with Crippen LogP contribution in [0.25, 0.3) is 0 Å². The number of nitrogens with two attached hydrogens (primary N) is 1. The summed E-state index contributed by atoms with van der Waals surface area (Å²) in [5, 5.41) is 11.9. The first-order valence-corrected chi connectivity index (χ1v) is 5.13. The average molecular weight is 204 g/mol. The second-order valence-corrected chi connectivity index (χ2v) is 3.41. The van der Waals surface area contributed by atoms with Crippen LogP contribution in [0.4, 0.5) is 5.82 Å². The van der Waals surface area contributed by atoms with Crippen molar-refractivity contribution in [2.75, 3.05) is 11.9 Å². The molecule has 1 aromatic rings. The lowest BCUT2D eigenvalue weighted by molar-refractivity contribution is 0.646. The van der Waals surface area contributed by atoms with Crippen LogP contribution < -0.4 is 11.1 Å². The van der Waals surface area contributed by atoms with E-state index in [1.807, 2.05) is 0 Å². The van der Waals surface area contributed by atoms with E-state index in [4.69, 9.17) is 11.0 Å². The zero-order valence-electron chi connectivity index (χ0n) is 8.90. The first-order valence-electron chi connectivity index (χ1n) is 5.13. The van der Waals surface area contributed by atoms with E-state index in [9.17, 15) is 0 Å². The maximum atomic E-state index is 8.73. The molecule has 0 saturated carbocycles. The fourth-order valence-corrected chi connectivity index (χ4v) is 1.39. The van der Waals surface area contributed by atoms with Gasteiger partial charge in [-0.25, -0.2) is 4.98 Å². The molecule has 0 aromatic carbocycles. The number of hydrogen-bond acceptors (Lipinski definition) is 4. The van der Waals surface area contributed by atoms with Crippen molar-refractivity contribution in [2.45, 2.75) is 25.8 Å². The minimum atomic E-state index is 0.233. The Morgan fingerprint density at radius 2 is 2.47 bits per heavy atom. The zero-order chi connectivity index (χ0) is 11.1. The van der Waals surface area contributed by atoms with E-state index in [2.05, 4.69) is 23.3 Å². The highest BCUT2D eigenvalue weighted by Gasteiger charge is 2.05. The molecule has 80 valence electrons. The lowest BCUT2D eigenvalue weighted by Crippen LogP contribution is -2.28. The SMILES string of the molecule is CCCC(CN)Nc1cc(C#N)ccn1. The summed E-state index contributed by atoms with van der Waals surface area (Å²) in [6, 6.07) is 5.73. The normalized spacial score (nSPS) is 11.8. The second-order valence-electron chi connectivity index (χ2n) is 3.41. The highest BCUT2D eigenvalue weighted by Crippen LogP contribution is 2.09. The monoisotopic (exact) mass is 204 g/mol. The molecule has 0 bridgehead atoms. The third kappa shape index (κ3) is 3.56. The number of aromatic nitrogens is 1. The van der Waals surface area contributed by atoms with Crippen molar-refractivity contribution < 1.29 is 0 Å². The largest absolute Gasteiger partial charge is 0.366 e. The average Bonchev–Trinajstić information content (AvgIpc) is 2.29. The first kappa shape index (κ1) is 11.5. The van der Waals surface area contributed by atoms with Crippen LogP contribution in [0.2, 0.25) is 0 Å². The van der Waals surface area contributed by atoms with Crippen molar-refractivity contribution >= 4 is 5.82 Å². The van der Waals surface area contributed by atoms with Crippen molar-refractivity contribution in [2.24, 2.45) is 5.73 Å². The fraction of sp³-hybridized carbons (Fsp3) is 0.455. The third-order valence-electron chi connectivity index (χ3n) is 2.16. The molecule has 4 nitrogen and oxygen atoms in total. The standard InChI is InChI=1S/C11H16N4/c1-2-3-10(8-13)15-11-6-9(7-12)4-5-14-11/h4-6,10H,2-3,8,13H2,1H3,(H,14,15). The van der Waals surface area contributed by atoms with Gasteiger partial charge in [0.2, 0.25) is 0 Å². The molecule has 1 heterocycles. The maximum absolute atomic E-state index is 8.73. The highest BCUT2D eigenvalue weighted by atomic mass is 15.0. The zero-order valence-corrected chi connectivity index (χ0v) is 8.90. The topological polar surface area (TPSA) is 74.7 Å². The number of nitrogens with one attached hydrogen (secondary N) is 1. The van der Waals surface area contributed by atoms with Crippen molar-refractivity contribution in [1.82, 2.24) is 4.98 Å². The van der Waals surface area contributed by atoms with Crippen LogP contribution in [0.1, 0.15) is 25.3 Å². The van der Waals surface area contributed by atoms with Crippen molar-refractivity contribution in [1.29, 1.82) is 5.26 Å². The molecule has 0 saturated heterocycles. The van der Waals surface area contributed by atoms with E-state index in [0.29, 0.717) is 12.1 Å². The van der Waals surface area contributed by atoms with Crippen LogP contribution in [0.15, 0.2) is 18.3 Å². The summed E-state index contributed by atoms with van der Waals surface area (Å²) in [6.45, 7) is 2.69. The van der Waals surface area contributed by atoms with Crippen molar-refractivity contribution in [3.05, 3.63) is 23.9 Å². The molecule has 0 spiro atoms. The van der Waals surface area contributed by atoms with Crippen LogP contribution in [-0.2, 0) is 0 Å². The van der Waals surface area contributed by atoms with Gasteiger partial charge in [-0.3, -0.25) is 0 Å². The molecule has 0 amide bonds. The molecule has 15 heavy (non-hydrogen) atoms. The van der Waals surface area contributed by atoms with Gasteiger partial charge in [-0.1, -0.05) is 13.3 Å². The molecule has 0 fully saturated rings. The number of anilines is 1. The van der Waals surface area contributed by atoms with Crippen molar-refractivity contribution in [3.8, 4) is 6.07 Å². The summed E-state index contributed by atoms with van der Waals surface area (Å²) in [4.78, 5) is 4.14. The molecule has 0 aliphatic carbocycles. The van der Waals surface area contributed by atoms with Gasteiger partial charge in [0, 0.05) is 18.8 Å². The Hall–Kier alpha value is -1.60. The van der Waals surface area contributed by atoms with E-state index in [1.165, 1.54) is 0 Å². The Kier molecular flexibility index (Phi) is 4.58. The van der Waals surface area contributed by atoms with Gasteiger partial charge in [0.1, 0.15) is 5.82 Å². The Bertz CT molecular complexity index is 343. The molecule has 1 unspecified atom stereocenters. The van der Waals surface area contributed by atoms with Gasteiger partial charge >= 0.3 is 0 Å². The number of pyridine rings is 1. The Morgan fingerprint density at radius 3 is 3.07 bits per heavy atom. The van der Waals surface area contributed by atoms with Gasteiger partial charge in [0.05, 0.1) is 11.6 Å². The summed E-state index contributed by atoms with van der Waals surface area (Å²) in [5.74, 6) is 0.720. The molecule has 0 aliphatic rings. The van der Waals surface area contributed by atoms with Gasteiger partial charge < -0.3 is 11.1 Å². The van der Waals surface area contributed by atoms with E-state index in [1.54, 1.807) is 18.3 Å². The first-order chi connectivity index (χ1) is 7.30. The molecular weight excluding hydrogens is 188 g/mol. The van der Waals surface area contributed by atoms with Gasteiger partial charge in [-0.05, 0) is 18.6 Å². The van der Waals surface area contributed by atoms with Gasteiger partial charge in [0.15, 0.2) is 0 Å². The molecule has 0 radical (unpaired) electrons. The minimum absolute atomic E-state index is 0.233. The molecule has 0 aliphatic heterocycles. The number of nitriles is 1. The molecular formula is C11H16N4. The summed E-state index contributed by atoms with van der Waals surface area (Å²) in [6.07, 6.45) is 3.71. The highest BCUT2D eigenvalue weighted by molar-refractivity contribution is 5.43. The molecule has 1 aromatic heterocycles. The third-order valence-corrected chi connectivity index (χ3v) is 2.16. The summed E-state index contributed by atoms with van der Waals surface area (Å²) in [5.41, 5.74) is 6.23. The van der Waals surface area contributed by atoms with E-state index >= 15 is 0 Å². The lowest BCUT2D eigenvalue weighted by atomic mass is 10.1. The lowest BCUT2D eigenvalue weighted by Gasteiger charge is -2.16. The second kappa shape index (κ2) is 5.99. The molecule has 1 atom stereocenters. The van der Waals surface area contributed by atoms with Crippen molar-refractivity contribution in [3.63, 3.8) is 0 Å². The van der Waals surface area contributed by atoms with Crippen LogP contribution in [0.3, 0.4) is 0 Å². The van der Waals surface area contributed by atoms with Crippen LogP contribution in [0, 0.1) is 11.3 Å². The Balaban J connectivity index is 2.66. The quantitative estimate of drug-likeness (QED) is 0.762. The Labute approximate surface area is 90.1 Å². The van der Waals surface area contributed by atoms with Gasteiger partial charge in [-0.15, -0.1) is 0 Å². The van der Waals surface area contributed by atoms with Gasteiger partial charge in [0.25, 0.3) is 0 Å². The fourth-order valence-electron chi connectivity index (χ4n) is 1.39. The summed E-state index contributed by atoms with van der Waals surface area (Å²) in [7, 11) is 0. The van der Waals surface area contributed by atoms with Crippen LogP contribution in [-0.4, -0.2) is 17.6 Å². The minimum Gasteiger partial charge on any atom is -0.366 e. The van der Waals surface area contributed by atoms with Gasteiger partial charge in [-0.2, -0.15) is 5.26 Å². The van der Waals surface area contributed by atoms with Crippen LogP contribution in [0.5, 0.6) is 0 Å². The summed E-state index contributed by atoms with van der Waals surface area (Å²) < 4.78 is 0. The number of rotatable bonds is 5. The molecule has 3 N–H and O–H groups in total. The maximum Gasteiger partial charge on any atom is 0.127 e. The predicted octanol–water partition coefficient (Wildman–Crippen LogP) is 1.49. The van der Waals surface area contributed by atoms with Crippen LogP contribution >= 0.6 is 0 Å². The molecule has 4 heteroatoms. The molecule has 1 rings (SSSR count). The van der Waals surface area contributed by atoms with E-state index in [-0.39, 0.29) is 6.04 Å². The Morgan fingerprint density at radius 1 is 1.67 bits per heavy atom. The summed E-state index contributed by atoms with van der Waals surface area (Å²) >= 11 is 0. The smallest absolute Gasteiger partial charge is 0.127 e. The van der Waals surface area contributed by atoms with E-state index < -0.39 is 0 Å².